The zero-order valence-electron chi connectivity index (χ0n) is 13.8. The molecule has 0 fully saturated rings. The lowest BCUT2D eigenvalue weighted by molar-refractivity contribution is 0.526. The lowest BCUT2D eigenvalue weighted by Gasteiger charge is -2.19. The summed E-state index contributed by atoms with van der Waals surface area (Å²) in [6, 6.07) is 1.76. The second kappa shape index (κ2) is 7.27. The number of nitrogens with two attached hydrogens (primary N) is 1. The Morgan fingerprint density at radius 2 is 1.81 bits per heavy atom. The smallest absolute Gasteiger partial charge is 0.241 e. The highest BCUT2D eigenvalue weighted by Gasteiger charge is 2.23. The molecule has 1 aromatic rings. The van der Waals surface area contributed by atoms with Crippen LogP contribution in [0.5, 0.6) is 0 Å². The maximum Gasteiger partial charge on any atom is 0.241 e. The fourth-order valence-electron chi connectivity index (χ4n) is 2.53. The van der Waals surface area contributed by atoms with Crippen molar-refractivity contribution < 1.29 is 8.42 Å². The van der Waals surface area contributed by atoms with Gasteiger partial charge >= 0.3 is 0 Å². The van der Waals surface area contributed by atoms with E-state index < -0.39 is 10.0 Å². The summed E-state index contributed by atoms with van der Waals surface area (Å²) in [5.41, 5.74) is 8.75. The molecule has 0 saturated carbocycles. The predicted octanol–water partition coefficient (Wildman–Crippen LogP) is 3.44. The normalized spacial score (nSPS) is 13.4. The van der Waals surface area contributed by atoms with Crippen LogP contribution in [0.25, 0.3) is 0 Å². The largest absolute Gasteiger partial charge is 0.398 e. The van der Waals surface area contributed by atoms with E-state index in [1.165, 1.54) is 0 Å². The Morgan fingerprint density at radius 3 is 2.38 bits per heavy atom. The minimum absolute atomic E-state index is 0.0675. The molecule has 5 heteroatoms. The zero-order valence-corrected chi connectivity index (χ0v) is 14.6. The molecule has 0 radical (unpaired) electrons. The van der Waals surface area contributed by atoms with Crippen LogP contribution in [0.4, 0.5) is 5.69 Å². The number of sulfonamides is 1. The number of hydrogen-bond donors (Lipinski definition) is 2. The number of nitrogens with one attached hydrogen (secondary N) is 1. The number of aryl methyl sites for hydroxylation is 1. The SMILES string of the molecule is CCCCCC(C)NS(=O)(=O)c1c(C)c(C)cc(N)c1C. The van der Waals surface area contributed by atoms with E-state index in [-0.39, 0.29) is 6.04 Å². The van der Waals surface area contributed by atoms with E-state index >= 15 is 0 Å². The Bertz CT molecular complexity index is 569. The van der Waals surface area contributed by atoms with E-state index in [0.29, 0.717) is 16.1 Å². The number of anilines is 1. The van der Waals surface area contributed by atoms with Gasteiger partial charge in [0.15, 0.2) is 0 Å². The van der Waals surface area contributed by atoms with E-state index in [0.717, 1.165) is 36.8 Å². The molecule has 120 valence electrons. The minimum atomic E-state index is -3.53. The van der Waals surface area contributed by atoms with Crippen LogP contribution >= 0.6 is 0 Å². The van der Waals surface area contributed by atoms with Gasteiger partial charge in [-0.2, -0.15) is 0 Å². The highest BCUT2D eigenvalue weighted by molar-refractivity contribution is 7.89. The average molecular weight is 312 g/mol. The van der Waals surface area contributed by atoms with Crippen LogP contribution < -0.4 is 10.5 Å². The number of unbranched alkanes of at least 4 members (excludes halogenated alkanes) is 2. The van der Waals surface area contributed by atoms with Gasteiger partial charge in [0.25, 0.3) is 0 Å². The van der Waals surface area contributed by atoms with Crippen molar-refractivity contribution in [1.29, 1.82) is 0 Å². The molecule has 0 saturated heterocycles. The van der Waals surface area contributed by atoms with Crippen LogP contribution in [0, 0.1) is 20.8 Å². The monoisotopic (exact) mass is 312 g/mol. The first-order valence-corrected chi connectivity index (χ1v) is 9.07. The molecule has 21 heavy (non-hydrogen) atoms. The van der Waals surface area contributed by atoms with Gasteiger partial charge in [-0.25, -0.2) is 13.1 Å². The van der Waals surface area contributed by atoms with Crippen molar-refractivity contribution in [2.75, 3.05) is 5.73 Å². The van der Waals surface area contributed by atoms with Gasteiger partial charge in [-0.1, -0.05) is 26.2 Å². The molecule has 3 N–H and O–H groups in total. The van der Waals surface area contributed by atoms with Gasteiger partial charge in [-0.05, 0) is 56.9 Å². The first-order chi connectivity index (χ1) is 9.70. The van der Waals surface area contributed by atoms with Crippen molar-refractivity contribution in [3.05, 3.63) is 22.8 Å². The molecule has 0 aliphatic rings. The number of benzene rings is 1. The van der Waals surface area contributed by atoms with Crippen molar-refractivity contribution in [2.24, 2.45) is 0 Å². The topological polar surface area (TPSA) is 72.2 Å². The van der Waals surface area contributed by atoms with Crippen LogP contribution in [0.1, 0.15) is 56.2 Å². The highest BCUT2D eigenvalue weighted by atomic mass is 32.2. The molecule has 0 aliphatic heterocycles. The second-order valence-electron chi connectivity index (χ2n) is 5.88. The predicted molar refractivity (Wildman–Crippen MR) is 89.0 cm³/mol. The van der Waals surface area contributed by atoms with Crippen molar-refractivity contribution in [1.82, 2.24) is 4.72 Å². The van der Waals surface area contributed by atoms with Crippen molar-refractivity contribution in [3.63, 3.8) is 0 Å². The molecular weight excluding hydrogens is 284 g/mol. The summed E-state index contributed by atoms with van der Waals surface area (Å²) in [5.74, 6) is 0. The molecule has 0 heterocycles. The van der Waals surface area contributed by atoms with E-state index in [2.05, 4.69) is 11.6 Å². The standard InChI is InChI=1S/C16H28N2O2S/c1-6-7-8-9-12(3)18-21(19,20)16-13(4)11(2)10-15(17)14(16)5/h10,12,18H,6-9,17H2,1-5H3. The minimum Gasteiger partial charge on any atom is -0.398 e. The van der Waals surface area contributed by atoms with Crippen LogP contribution in [-0.4, -0.2) is 14.5 Å². The Balaban J connectivity index is 3.04. The molecule has 0 bridgehead atoms. The quantitative estimate of drug-likeness (QED) is 0.598. The van der Waals surface area contributed by atoms with Crippen LogP contribution in [-0.2, 0) is 10.0 Å². The molecule has 4 nitrogen and oxygen atoms in total. The Kier molecular flexibility index (Phi) is 6.23. The summed E-state index contributed by atoms with van der Waals surface area (Å²) in [6.45, 7) is 9.53. The molecule has 0 spiro atoms. The lowest BCUT2D eigenvalue weighted by atomic mass is 10.1. The molecule has 1 rings (SSSR count). The van der Waals surface area contributed by atoms with Crippen LogP contribution in [0.2, 0.25) is 0 Å². The van der Waals surface area contributed by atoms with Gasteiger partial charge < -0.3 is 5.73 Å². The van der Waals surface area contributed by atoms with Crippen LogP contribution in [0.15, 0.2) is 11.0 Å². The van der Waals surface area contributed by atoms with Gasteiger partial charge in [-0.15, -0.1) is 0 Å². The number of rotatable bonds is 7. The fraction of sp³-hybridized carbons (Fsp3) is 0.625. The molecule has 1 aromatic carbocycles. The number of hydrogen-bond acceptors (Lipinski definition) is 3. The summed E-state index contributed by atoms with van der Waals surface area (Å²) < 4.78 is 28.1. The number of nitrogen functional groups attached to an aromatic ring is 1. The first kappa shape index (κ1) is 18.0. The average Bonchev–Trinajstić information content (AvgIpc) is 2.36. The zero-order chi connectivity index (χ0) is 16.2. The van der Waals surface area contributed by atoms with Gasteiger partial charge in [0.1, 0.15) is 0 Å². The molecule has 1 atom stereocenters. The Morgan fingerprint density at radius 1 is 1.19 bits per heavy atom. The van der Waals surface area contributed by atoms with E-state index in [1.54, 1.807) is 6.92 Å². The third-order valence-electron chi connectivity index (χ3n) is 3.94. The highest BCUT2D eigenvalue weighted by Crippen LogP contribution is 2.28. The maximum absolute atomic E-state index is 12.7. The molecule has 0 aliphatic carbocycles. The van der Waals surface area contributed by atoms with Crippen molar-refractivity contribution in [2.45, 2.75) is 71.2 Å². The summed E-state index contributed by atoms with van der Waals surface area (Å²) in [4.78, 5) is 0.336. The van der Waals surface area contributed by atoms with E-state index in [1.807, 2.05) is 26.8 Å². The lowest BCUT2D eigenvalue weighted by Crippen LogP contribution is -2.33. The summed E-state index contributed by atoms with van der Waals surface area (Å²) >= 11 is 0. The van der Waals surface area contributed by atoms with Crippen LogP contribution in [0.3, 0.4) is 0 Å². The molecule has 0 amide bonds. The van der Waals surface area contributed by atoms with Gasteiger partial charge in [0.2, 0.25) is 10.0 Å². The van der Waals surface area contributed by atoms with E-state index in [9.17, 15) is 8.42 Å². The van der Waals surface area contributed by atoms with Crippen molar-refractivity contribution in [3.8, 4) is 0 Å². The molecule has 0 aromatic heterocycles. The van der Waals surface area contributed by atoms with Gasteiger partial charge in [0, 0.05) is 11.7 Å². The Hall–Kier alpha value is -1.07. The fourth-order valence-corrected chi connectivity index (χ4v) is 4.38. The third-order valence-corrected chi connectivity index (χ3v) is 5.81. The van der Waals surface area contributed by atoms with E-state index in [4.69, 9.17) is 5.73 Å². The maximum atomic E-state index is 12.7. The summed E-state index contributed by atoms with van der Waals surface area (Å²) in [7, 11) is -3.53. The van der Waals surface area contributed by atoms with Crippen molar-refractivity contribution >= 4 is 15.7 Å². The summed E-state index contributed by atoms with van der Waals surface area (Å²) in [6.07, 6.45) is 4.15. The molecular formula is C16H28N2O2S. The molecule has 1 unspecified atom stereocenters. The summed E-state index contributed by atoms with van der Waals surface area (Å²) in [5, 5.41) is 0. The van der Waals surface area contributed by atoms with Gasteiger partial charge in [0.05, 0.1) is 4.90 Å². The third kappa shape index (κ3) is 4.45. The first-order valence-electron chi connectivity index (χ1n) is 7.59. The second-order valence-corrected chi connectivity index (χ2v) is 7.53. The Labute approximate surface area is 129 Å². The van der Waals surface area contributed by atoms with Gasteiger partial charge in [-0.3, -0.25) is 0 Å².